The Balaban J connectivity index is 1.92. The van der Waals surface area contributed by atoms with Crippen LogP contribution in [0.1, 0.15) is 46.3 Å². The first-order chi connectivity index (χ1) is 14.0. The van der Waals surface area contributed by atoms with Crippen molar-refractivity contribution in [3.05, 3.63) is 69.9 Å². The van der Waals surface area contributed by atoms with Gasteiger partial charge < -0.3 is 15.2 Å². The van der Waals surface area contributed by atoms with Crippen LogP contribution in [0, 0.1) is 0 Å². The van der Waals surface area contributed by atoms with E-state index < -0.39 is 5.97 Å². The van der Waals surface area contributed by atoms with Gasteiger partial charge in [-0.3, -0.25) is 4.79 Å². The van der Waals surface area contributed by atoms with Gasteiger partial charge in [0.05, 0.1) is 11.8 Å². The van der Waals surface area contributed by atoms with Crippen LogP contribution in [0.3, 0.4) is 0 Å². The van der Waals surface area contributed by atoms with Crippen LogP contribution >= 0.6 is 11.3 Å². The monoisotopic (exact) mass is 407 g/mol. The maximum Gasteiger partial charge on any atom is 0.346 e. The summed E-state index contributed by atoms with van der Waals surface area (Å²) in [5.74, 6) is -0.661. The Morgan fingerprint density at radius 1 is 1.14 bits per heavy atom. The number of carbonyl (C=O) groups is 2. The van der Waals surface area contributed by atoms with E-state index in [0.717, 1.165) is 21.8 Å². The number of hydrogen-bond acceptors (Lipinski definition) is 4. The van der Waals surface area contributed by atoms with Crippen molar-refractivity contribution in [2.24, 2.45) is 0 Å². The molecule has 0 aliphatic carbocycles. The van der Waals surface area contributed by atoms with Crippen molar-refractivity contribution < 1.29 is 19.4 Å². The summed E-state index contributed by atoms with van der Waals surface area (Å²) in [6.45, 7) is 3.91. The number of carboxylic acids is 1. The third kappa shape index (κ3) is 3.63. The number of hydrogen-bond donors (Lipinski definition) is 2. The molecule has 29 heavy (non-hydrogen) atoms. The van der Waals surface area contributed by atoms with Gasteiger partial charge in [0.25, 0.3) is 0 Å². The quantitative estimate of drug-likeness (QED) is 0.596. The molecule has 0 saturated heterocycles. The van der Waals surface area contributed by atoms with E-state index >= 15 is 0 Å². The highest BCUT2D eigenvalue weighted by atomic mass is 32.1. The SMILES string of the molecule is CC(C)Oc1ccccc1[C@H]1CC(=O)Nc2c1sc(C(=O)O)c2-c1ccccc1. The van der Waals surface area contributed by atoms with E-state index in [1.54, 1.807) is 0 Å². The van der Waals surface area contributed by atoms with Crippen LogP contribution in [0.2, 0.25) is 0 Å². The van der Waals surface area contributed by atoms with Gasteiger partial charge in [-0.2, -0.15) is 0 Å². The predicted molar refractivity (Wildman–Crippen MR) is 114 cm³/mol. The van der Waals surface area contributed by atoms with Gasteiger partial charge in [0, 0.05) is 28.3 Å². The molecular weight excluding hydrogens is 386 g/mol. The number of carboxylic acid groups (broad SMARTS) is 1. The molecule has 1 aliphatic rings. The lowest BCUT2D eigenvalue weighted by Gasteiger charge is -2.26. The van der Waals surface area contributed by atoms with Gasteiger partial charge in [-0.15, -0.1) is 11.3 Å². The summed E-state index contributed by atoms with van der Waals surface area (Å²) in [7, 11) is 0. The Morgan fingerprint density at radius 2 is 1.83 bits per heavy atom. The molecule has 0 bridgehead atoms. The molecule has 0 unspecified atom stereocenters. The van der Waals surface area contributed by atoms with Crippen LogP contribution in [-0.4, -0.2) is 23.1 Å². The smallest absolute Gasteiger partial charge is 0.346 e. The molecule has 148 valence electrons. The number of ether oxygens (including phenoxy) is 1. The highest BCUT2D eigenvalue weighted by molar-refractivity contribution is 7.15. The molecule has 1 amide bonds. The summed E-state index contributed by atoms with van der Waals surface area (Å²) in [6.07, 6.45) is 0.241. The molecule has 4 rings (SSSR count). The molecule has 0 spiro atoms. The number of carbonyl (C=O) groups excluding carboxylic acids is 1. The van der Waals surface area contributed by atoms with Crippen LogP contribution in [-0.2, 0) is 4.79 Å². The minimum absolute atomic E-state index is 0.00849. The molecule has 2 aromatic carbocycles. The molecular formula is C23H21NO4S. The first kappa shape index (κ1) is 19.2. The van der Waals surface area contributed by atoms with E-state index in [1.165, 1.54) is 11.3 Å². The molecule has 0 radical (unpaired) electrons. The maximum atomic E-state index is 12.6. The van der Waals surface area contributed by atoms with E-state index in [2.05, 4.69) is 5.32 Å². The Labute approximate surface area is 173 Å². The summed E-state index contributed by atoms with van der Waals surface area (Å²) in [5, 5.41) is 12.8. The number of aromatic carboxylic acids is 1. The molecule has 0 fully saturated rings. The topological polar surface area (TPSA) is 75.6 Å². The fourth-order valence-electron chi connectivity index (χ4n) is 3.70. The maximum absolute atomic E-state index is 12.6. The molecule has 2 heterocycles. The van der Waals surface area contributed by atoms with Gasteiger partial charge in [0.1, 0.15) is 10.6 Å². The van der Waals surface area contributed by atoms with Crippen molar-refractivity contribution in [2.75, 3.05) is 5.32 Å². The zero-order valence-corrected chi connectivity index (χ0v) is 17.0. The Bertz CT molecular complexity index is 1070. The summed E-state index contributed by atoms with van der Waals surface area (Å²) >= 11 is 1.23. The van der Waals surface area contributed by atoms with Gasteiger partial charge in [-0.25, -0.2) is 4.79 Å². The largest absolute Gasteiger partial charge is 0.491 e. The van der Waals surface area contributed by atoms with E-state index in [-0.39, 0.29) is 29.2 Å². The van der Waals surface area contributed by atoms with Crippen LogP contribution in [0.4, 0.5) is 5.69 Å². The minimum atomic E-state index is -0.997. The number of anilines is 1. The fraction of sp³-hybridized carbons (Fsp3) is 0.217. The van der Waals surface area contributed by atoms with Crippen LogP contribution in [0.15, 0.2) is 54.6 Å². The molecule has 3 aromatic rings. The first-order valence-corrected chi connectivity index (χ1v) is 10.3. The van der Waals surface area contributed by atoms with Gasteiger partial charge in [-0.1, -0.05) is 48.5 Å². The number of fused-ring (bicyclic) bond motifs is 1. The van der Waals surface area contributed by atoms with Crippen molar-refractivity contribution in [1.29, 1.82) is 0 Å². The zero-order valence-electron chi connectivity index (χ0n) is 16.1. The first-order valence-electron chi connectivity index (χ1n) is 9.46. The summed E-state index contributed by atoms with van der Waals surface area (Å²) < 4.78 is 5.97. The molecule has 1 aromatic heterocycles. The standard InChI is InChI=1S/C23H21NO4S/c1-13(2)28-17-11-7-6-10-15(17)16-12-18(25)24-20-19(14-8-4-3-5-9-14)22(23(26)27)29-21(16)20/h3-11,13,16H,12H2,1-2H3,(H,24,25)(H,26,27)/t16-/m1/s1. The second-order valence-corrected chi connectivity index (χ2v) is 8.28. The predicted octanol–water partition coefficient (Wildman–Crippen LogP) is 5.37. The van der Waals surface area contributed by atoms with Crippen molar-refractivity contribution in [3.8, 4) is 16.9 Å². The van der Waals surface area contributed by atoms with E-state index in [9.17, 15) is 14.7 Å². The second kappa shape index (κ2) is 7.72. The average Bonchev–Trinajstić information content (AvgIpc) is 3.07. The van der Waals surface area contributed by atoms with Gasteiger partial charge in [0.2, 0.25) is 5.91 Å². The molecule has 5 nitrogen and oxygen atoms in total. The molecule has 1 aliphatic heterocycles. The lowest BCUT2D eigenvalue weighted by Crippen LogP contribution is -2.23. The Kier molecular flexibility index (Phi) is 5.11. The van der Waals surface area contributed by atoms with Gasteiger partial charge in [-0.05, 0) is 25.5 Å². The van der Waals surface area contributed by atoms with Crippen molar-refractivity contribution >= 4 is 28.9 Å². The van der Waals surface area contributed by atoms with Crippen molar-refractivity contribution in [2.45, 2.75) is 32.3 Å². The van der Waals surface area contributed by atoms with Crippen LogP contribution in [0.5, 0.6) is 5.75 Å². The fourth-order valence-corrected chi connectivity index (χ4v) is 4.94. The minimum Gasteiger partial charge on any atom is -0.491 e. The van der Waals surface area contributed by atoms with Crippen LogP contribution in [0.25, 0.3) is 11.1 Å². The number of para-hydroxylation sites is 1. The van der Waals surface area contributed by atoms with E-state index in [4.69, 9.17) is 4.74 Å². The number of amides is 1. The zero-order chi connectivity index (χ0) is 20.5. The molecule has 1 atom stereocenters. The average molecular weight is 407 g/mol. The van der Waals surface area contributed by atoms with E-state index in [0.29, 0.717) is 11.3 Å². The Morgan fingerprint density at radius 3 is 2.52 bits per heavy atom. The lowest BCUT2D eigenvalue weighted by atomic mass is 9.88. The number of rotatable bonds is 5. The lowest BCUT2D eigenvalue weighted by molar-refractivity contribution is -0.116. The number of thiophene rings is 1. The summed E-state index contributed by atoms with van der Waals surface area (Å²) in [5.41, 5.74) is 2.84. The van der Waals surface area contributed by atoms with Crippen molar-refractivity contribution in [3.63, 3.8) is 0 Å². The Hall–Kier alpha value is -3.12. The molecule has 2 N–H and O–H groups in total. The summed E-state index contributed by atoms with van der Waals surface area (Å²) in [6, 6.07) is 17.0. The number of benzene rings is 2. The van der Waals surface area contributed by atoms with Crippen molar-refractivity contribution in [1.82, 2.24) is 0 Å². The van der Waals surface area contributed by atoms with E-state index in [1.807, 2.05) is 68.4 Å². The number of nitrogens with one attached hydrogen (secondary N) is 1. The van der Waals surface area contributed by atoms with Gasteiger partial charge in [0.15, 0.2) is 0 Å². The highest BCUT2D eigenvalue weighted by Gasteiger charge is 2.35. The van der Waals surface area contributed by atoms with Crippen LogP contribution < -0.4 is 10.1 Å². The summed E-state index contributed by atoms with van der Waals surface area (Å²) in [4.78, 5) is 25.7. The molecule has 6 heteroatoms. The highest BCUT2D eigenvalue weighted by Crippen LogP contribution is 2.50. The third-order valence-electron chi connectivity index (χ3n) is 4.82. The normalized spacial score (nSPS) is 15.7. The third-order valence-corrected chi connectivity index (χ3v) is 6.11. The second-order valence-electron chi connectivity index (χ2n) is 7.23. The molecule has 0 saturated carbocycles. The van der Waals surface area contributed by atoms with Gasteiger partial charge >= 0.3 is 5.97 Å².